The lowest BCUT2D eigenvalue weighted by atomic mass is 9.69. The molecule has 7 heteroatoms. The summed E-state index contributed by atoms with van der Waals surface area (Å²) in [4.78, 5) is 33.8. The molecule has 6 nitrogen and oxygen atoms in total. The van der Waals surface area contributed by atoms with Gasteiger partial charge in [-0.15, -0.1) is 0 Å². The van der Waals surface area contributed by atoms with Gasteiger partial charge in [-0.2, -0.15) is 0 Å². The van der Waals surface area contributed by atoms with Crippen LogP contribution in [0, 0.1) is 5.41 Å². The third kappa shape index (κ3) is 3.59. The predicted octanol–water partition coefficient (Wildman–Crippen LogP) is 4.09. The number of rotatable bonds is 4. The minimum Gasteiger partial charge on any atom is -0.497 e. The molecule has 1 aliphatic heterocycles. The first-order valence-corrected chi connectivity index (χ1v) is 10.8. The van der Waals surface area contributed by atoms with Crippen molar-refractivity contribution in [1.29, 1.82) is 0 Å². The zero-order valence-electron chi connectivity index (χ0n) is 17.1. The molecule has 0 unspecified atom stereocenters. The quantitative estimate of drug-likeness (QED) is 0.582. The molecule has 1 aromatic heterocycles. The molecule has 1 aromatic carbocycles. The zero-order chi connectivity index (χ0) is 20.8. The Balaban J connectivity index is 1.96. The summed E-state index contributed by atoms with van der Waals surface area (Å²) in [5.41, 5.74) is 2.55. The molecule has 1 atom stereocenters. The Bertz CT molecular complexity index is 1070. The van der Waals surface area contributed by atoms with Crippen molar-refractivity contribution in [1.82, 2.24) is 9.97 Å². The van der Waals surface area contributed by atoms with Gasteiger partial charge in [-0.1, -0.05) is 44.7 Å². The van der Waals surface area contributed by atoms with E-state index in [1.54, 1.807) is 7.11 Å². The highest BCUT2D eigenvalue weighted by molar-refractivity contribution is 7.99. The first-order valence-electron chi connectivity index (χ1n) is 9.77. The molecule has 0 saturated carbocycles. The maximum Gasteiger partial charge on any atom is 0.257 e. The Morgan fingerprint density at radius 3 is 2.79 bits per heavy atom. The number of allylic oxidation sites excluding steroid dienone is 2. The van der Waals surface area contributed by atoms with Crippen molar-refractivity contribution in [3.63, 3.8) is 0 Å². The molecule has 0 spiro atoms. The van der Waals surface area contributed by atoms with E-state index in [1.165, 1.54) is 11.8 Å². The molecule has 2 aliphatic rings. The second-order valence-corrected chi connectivity index (χ2v) is 9.49. The molecule has 0 fully saturated rings. The Kier molecular flexibility index (Phi) is 5.02. The van der Waals surface area contributed by atoms with Crippen molar-refractivity contribution in [2.24, 2.45) is 5.41 Å². The summed E-state index contributed by atoms with van der Waals surface area (Å²) >= 11 is 1.49. The molecule has 4 rings (SSSR count). The van der Waals surface area contributed by atoms with Crippen LogP contribution in [0.25, 0.3) is 0 Å². The molecule has 2 aromatic rings. The van der Waals surface area contributed by atoms with Crippen LogP contribution in [0.15, 0.2) is 45.5 Å². The van der Waals surface area contributed by atoms with Crippen LogP contribution in [-0.2, 0) is 4.79 Å². The van der Waals surface area contributed by atoms with Gasteiger partial charge < -0.3 is 15.0 Å². The topological polar surface area (TPSA) is 84.1 Å². The van der Waals surface area contributed by atoms with Gasteiger partial charge in [-0.25, -0.2) is 4.98 Å². The van der Waals surface area contributed by atoms with Crippen molar-refractivity contribution < 1.29 is 9.53 Å². The van der Waals surface area contributed by atoms with Crippen LogP contribution < -0.4 is 15.6 Å². The fourth-order valence-corrected chi connectivity index (χ4v) is 4.85. The van der Waals surface area contributed by atoms with E-state index in [0.717, 1.165) is 23.4 Å². The Hall–Kier alpha value is -2.54. The van der Waals surface area contributed by atoms with E-state index in [9.17, 15) is 9.59 Å². The number of hydrogen-bond acceptors (Lipinski definition) is 6. The summed E-state index contributed by atoms with van der Waals surface area (Å²) in [6.45, 7) is 6.20. The lowest BCUT2D eigenvalue weighted by Crippen LogP contribution is -2.37. The van der Waals surface area contributed by atoms with Gasteiger partial charge in [-0.3, -0.25) is 9.59 Å². The van der Waals surface area contributed by atoms with Crippen LogP contribution in [0.4, 0.5) is 5.82 Å². The highest BCUT2D eigenvalue weighted by Crippen LogP contribution is 2.47. The van der Waals surface area contributed by atoms with Crippen LogP contribution >= 0.6 is 11.8 Å². The van der Waals surface area contributed by atoms with E-state index >= 15 is 0 Å². The van der Waals surface area contributed by atoms with E-state index in [1.807, 2.05) is 31.2 Å². The lowest BCUT2D eigenvalue weighted by molar-refractivity contribution is -0.118. The van der Waals surface area contributed by atoms with E-state index in [2.05, 4.69) is 29.1 Å². The fraction of sp³-hybridized carbons (Fsp3) is 0.409. The number of carbonyl (C=O) groups excluding carboxylic acids is 1. The average Bonchev–Trinajstić information content (AvgIpc) is 2.65. The van der Waals surface area contributed by atoms with Crippen LogP contribution in [0.1, 0.15) is 50.7 Å². The highest BCUT2D eigenvalue weighted by Gasteiger charge is 2.42. The number of nitrogens with one attached hydrogen (secondary N) is 2. The summed E-state index contributed by atoms with van der Waals surface area (Å²) in [6, 6.07) is 7.58. The second kappa shape index (κ2) is 7.37. The first kappa shape index (κ1) is 19.8. The number of hydrogen-bond donors (Lipinski definition) is 2. The van der Waals surface area contributed by atoms with Crippen molar-refractivity contribution >= 4 is 23.4 Å². The van der Waals surface area contributed by atoms with E-state index in [-0.39, 0.29) is 16.8 Å². The first-order chi connectivity index (χ1) is 13.8. The van der Waals surface area contributed by atoms with Gasteiger partial charge in [0.25, 0.3) is 5.56 Å². The smallest absolute Gasteiger partial charge is 0.257 e. The van der Waals surface area contributed by atoms with Crippen LogP contribution in [-0.4, -0.2) is 28.6 Å². The van der Waals surface area contributed by atoms with Gasteiger partial charge in [-0.05, 0) is 35.3 Å². The highest BCUT2D eigenvalue weighted by atomic mass is 32.2. The number of H-pyrrole nitrogens is 1. The van der Waals surface area contributed by atoms with Gasteiger partial charge in [0, 0.05) is 23.6 Å². The maximum absolute atomic E-state index is 13.2. The van der Waals surface area contributed by atoms with Crippen LogP contribution in [0.5, 0.6) is 5.75 Å². The molecule has 0 radical (unpaired) electrons. The SMILES string of the molecule is CCSc1nc2c(c(=O)[nH]1)[C@H](c1cccc(OC)c1)C1=C(CC(C)(C)CC1=O)N2. The normalized spacial score (nSPS) is 20.0. The number of benzene rings is 1. The number of aromatic amines is 1. The Morgan fingerprint density at radius 2 is 2.07 bits per heavy atom. The van der Waals surface area contributed by atoms with E-state index in [4.69, 9.17) is 4.74 Å². The molecule has 0 saturated heterocycles. The van der Waals surface area contributed by atoms with Crippen molar-refractivity contribution in [3.05, 3.63) is 57.0 Å². The average molecular weight is 412 g/mol. The molecule has 2 N–H and O–H groups in total. The van der Waals surface area contributed by atoms with Crippen LogP contribution in [0.2, 0.25) is 0 Å². The zero-order valence-corrected chi connectivity index (χ0v) is 17.9. The molecule has 2 heterocycles. The standard InChI is InChI=1S/C22H25N3O3S/c1-5-29-21-24-19-18(20(27)25-21)16(12-7-6-8-13(9-12)28-4)17-14(23-19)10-22(2,3)11-15(17)26/h6-9,16H,5,10-11H2,1-4H3,(H2,23,24,25,27)/t16-/m1/s1. The lowest BCUT2D eigenvalue weighted by Gasteiger charge is -2.38. The number of nitrogens with zero attached hydrogens (tertiary/aromatic N) is 1. The molecule has 152 valence electrons. The molecule has 29 heavy (non-hydrogen) atoms. The summed E-state index contributed by atoms with van der Waals surface area (Å²) in [5, 5.41) is 3.92. The maximum atomic E-state index is 13.2. The molecule has 0 amide bonds. The number of ketones is 1. The van der Waals surface area contributed by atoms with Crippen molar-refractivity contribution in [3.8, 4) is 5.75 Å². The monoisotopic (exact) mass is 411 g/mol. The summed E-state index contributed by atoms with van der Waals surface area (Å²) < 4.78 is 5.39. The van der Waals surface area contributed by atoms with Gasteiger partial charge in [0.1, 0.15) is 11.6 Å². The predicted molar refractivity (Wildman–Crippen MR) is 115 cm³/mol. The minimum absolute atomic E-state index is 0.0774. The number of aromatic nitrogens is 2. The molecular weight excluding hydrogens is 386 g/mol. The fourth-order valence-electron chi connectivity index (χ4n) is 4.25. The van der Waals surface area contributed by atoms with Crippen molar-refractivity contribution in [2.45, 2.75) is 44.7 Å². The Morgan fingerprint density at radius 1 is 1.28 bits per heavy atom. The third-order valence-corrected chi connectivity index (χ3v) is 6.16. The summed E-state index contributed by atoms with van der Waals surface area (Å²) in [7, 11) is 1.61. The van der Waals surface area contributed by atoms with Crippen molar-refractivity contribution in [2.75, 3.05) is 18.2 Å². The number of fused-ring (bicyclic) bond motifs is 1. The number of carbonyl (C=O) groups is 1. The Labute approximate surface area is 174 Å². The summed E-state index contributed by atoms with van der Waals surface area (Å²) in [6.07, 6.45) is 1.19. The van der Waals surface area contributed by atoms with Gasteiger partial charge >= 0.3 is 0 Å². The van der Waals surface area contributed by atoms with Crippen LogP contribution in [0.3, 0.4) is 0 Å². The largest absolute Gasteiger partial charge is 0.497 e. The number of methoxy groups -OCH3 is 1. The minimum atomic E-state index is -0.461. The number of ether oxygens (including phenoxy) is 1. The van der Waals surface area contributed by atoms with Gasteiger partial charge in [0.2, 0.25) is 0 Å². The number of Topliss-reactive ketones (excluding diaryl/α,β-unsaturated/α-hetero) is 1. The molecule has 1 aliphatic carbocycles. The second-order valence-electron chi connectivity index (χ2n) is 8.23. The van der Waals surface area contributed by atoms with Gasteiger partial charge in [0.15, 0.2) is 10.9 Å². The third-order valence-electron chi connectivity index (χ3n) is 5.41. The molecule has 0 bridgehead atoms. The van der Waals surface area contributed by atoms with E-state index in [0.29, 0.717) is 34.3 Å². The number of thioether (sulfide) groups is 1. The molecular formula is C22H25N3O3S. The van der Waals surface area contributed by atoms with E-state index < -0.39 is 5.92 Å². The summed E-state index contributed by atoms with van der Waals surface area (Å²) in [5.74, 6) is 1.66. The number of anilines is 1. The van der Waals surface area contributed by atoms with Gasteiger partial charge in [0.05, 0.1) is 12.7 Å².